The van der Waals surface area contributed by atoms with Gasteiger partial charge < -0.3 is 19.5 Å². The molecule has 0 radical (unpaired) electrons. The number of hydrogen-bond donors (Lipinski definition) is 1. The Labute approximate surface area is 152 Å². The number of nitrogens with zero attached hydrogens (tertiary/aromatic N) is 1. The van der Waals surface area contributed by atoms with E-state index in [4.69, 9.17) is 9.47 Å². The Kier molecular flexibility index (Phi) is 5.11. The molecule has 0 bridgehead atoms. The average Bonchev–Trinajstić information content (AvgIpc) is 2.67. The second kappa shape index (κ2) is 7.47. The lowest BCUT2D eigenvalue weighted by atomic mass is 9.83. The molecule has 1 N–H and O–H groups in total. The number of rotatable bonds is 5. The fourth-order valence-electron chi connectivity index (χ4n) is 3.46. The largest absolute Gasteiger partial charge is 0.497 e. The van der Waals surface area contributed by atoms with Crippen molar-refractivity contribution >= 4 is 17.6 Å². The summed E-state index contributed by atoms with van der Waals surface area (Å²) in [6.45, 7) is 0. The van der Waals surface area contributed by atoms with Crippen LogP contribution in [0.25, 0.3) is 0 Å². The van der Waals surface area contributed by atoms with Crippen molar-refractivity contribution in [1.82, 2.24) is 0 Å². The maximum Gasteiger partial charge on any atom is 0.308 e. The number of carboxylic acids is 1. The first kappa shape index (κ1) is 17.8. The summed E-state index contributed by atoms with van der Waals surface area (Å²) < 4.78 is 10.6. The lowest BCUT2D eigenvalue weighted by Gasteiger charge is -2.40. The lowest BCUT2D eigenvalue weighted by Crippen LogP contribution is -2.45. The molecule has 0 spiro atoms. The summed E-state index contributed by atoms with van der Waals surface area (Å²) in [5, 5.41) is 9.77. The van der Waals surface area contributed by atoms with E-state index in [-0.39, 0.29) is 12.3 Å². The van der Waals surface area contributed by atoms with Crippen LogP contribution in [0.2, 0.25) is 0 Å². The number of hydrogen-bond acceptors (Lipinski definition) is 4. The van der Waals surface area contributed by atoms with Crippen LogP contribution in [0.1, 0.15) is 24.4 Å². The van der Waals surface area contributed by atoms with Gasteiger partial charge in [-0.05, 0) is 36.8 Å². The SMILES string of the molecule is COc1ccc(N2C(=O)CC[C@H](C(=O)O)[C@@H]2c2ccccc2OC)cc1. The van der Waals surface area contributed by atoms with Gasteiger partial charge in [0.15, 0.2) is 0 Å². The van der Waals surface area contributed by atoms with Gasteiger partial charge in [0, 0.05) is 17.7 Å². The number of carbonyl (C=O) groups is 2. The third-order valence-corrected chi connectivity index (χ3v) is 4.72. The minimum atomic E-state index is -0.924. The second-order valence-electron chi connectivity index (χ2n) is 6.13. The molecule has 3 rings (SSSR count). The number of methoxy groups -OCH3 is 2. The molecule has 2 aromatic carbocycles. The number of piperidine rings is 1. The number of anilines is 1. The van der Waals surface area contributed by atoms with Gasteiger partial charge in [-0.2, -0.15) is 0 Å². The number of amides is 1. The summed E-state index contributed by atoms with van der Waals surface area (Å²) >= 11 is 0. The molecule has 136 valence electrons. The Morgan fingerprint density at radius 2 is 1.77 bits per heavy atom. The fourth-order valence-corrected chi connectivity index (χ4v) is 3.46. The van der Waals surface area contributed by atoms with E-state index in [1.165, 1.54) is 7.11 Å². The van der Waals surface area contributed by atoms with E-state index < -0.39 is 17.9 Å². The van der Waals surface area contributed by atoms with Gasteiger partial charge >= 0.3 is 5.97 Å². The molecule has 1 aliphatic rings. The second-order valence-corrected chi connectivity index (χ2v) is 6.13. The van der Waals surface area contributed by atoms with Crippen LogP contribution < -0.4 is 14.4 Å². The highest BCUT2D eigenvalue weighted by Crippen LogP contribution is 2.43. The van der Waals surface area contributed by atoms with Gasteiger partial charge in [-0.25, -0.2) is 0 Å². The summed E-state index contributed by atoms with van der Waals surface area (Å²) in [5.41, 5.74) is 1.32. The molecular formula is C20H21NO5. The molecule has 2 atom stereocenters. The maximum absolute atomic E-state index is 12.8. The van der Waals surface area contributed by atoms with Gasteiger partial charge in [-0.1, -0.05) is 18.2 Å². The highest BCUT2D eigenvalue weighted by molar-refractivity contribution is 5.97. The van der Waals surface area contributed by atoms with E-state index >= 15 is 0 Å². The van der Waals surface area contributed by atoms with Gasteiger partial charge in [-0.15, -0.1) is 0 Å². The van der Waals surface area contributed by atoms with Crippen LogP contribution in [0.15, 0.2) is 48.5 Å². The van der Waals surface area contributed by atoms with E-state index in [9.17, 15) is 14.7 Å². The molecular weight excluding hydrogens is 334 g/mol. The Morgan fingerprint density at radius 3 is 2.38 bits per heavy atom. The fraction of sp³-hybridized carbons (Fsp3) is 0.300. The van der Waals surface area contributed by atoms with Crippen LogP contribution in [-0.4, -0.2) is 31.2 Å². The highest BCUT2D eigenvalue weighted by Gasteiger charge is 2.42. The number of aliphatic carboxylic acids is 1. The Hall–Kier alpha value is -3.02. The first-order valence-electron chi connectivity index (χ1n) is 8.38. The summed E-state index contributed by atoms with van der Waals surface area (Å²) in [6.07, 6.45) is 0.484. The Balaban J connectivity index is 2.13. The number of carbonyl (C=O) groups excluding carboxylic acids is 1. The Bertz CT molecular complexity index is 802. The highest BCUT2D eigenvalue weighted by atomic mass is 16.5. The van der Waals surface area contributed by atoms with E-state index in [2.05, 4.69) is 0 Å². The first-order valence-corrected chi connectivity index (χ1v) is 8.38. The third-order valence-electron chi connectivity index (χ3n) is 4.72. The summed E-state index contributed by atoms with van der Waals surface area (Å²) in [5.74, 6) is -0.514. The molecule has 0 unspecified atom stereocenters. The van der Waals surface area contributed by atoms with Gasteiger partial charge in [-0.3, -0.25) is 9.59 Å². The van der Waals surface area contributed by atoms with Gasteiger partial charge in [0.1, 0.15) is 11.5 Å². The molecule has 0 saturated carbocycles. The van der Waals surface area contributed by atoms with Crippen molar-refractivity contribution in [2.45, 2.75) is 18.9 Å². The van der Waals surface area contributed by atoms with Crippen molar-refractivity contribution in [3.05, 3.63) is 54.1 Å². The van der Waals surface area contributed by atoms with Crippen LogP contribution in [-0.2, 0) is 9.59 Å². The summed E-state index contributed by atoms with van der Waals surface area (Å²) in [6, 6.07) is 13.6. The van der Waals surface area contributed by atoms with Crippen LogP contribution in [0.4, 0.5) is 5.69 Å². The molecule has 0 aliphatic carbocycles. The smallest absolute Gasteiger partial charge is 0.308 e. The van der Waals surface area contributed by atoms with E-state index in [1.807, 2.05) is 18.2 Å². The monoisotopic (exact) mass is 355 g/mol. The van der Waals surface area contributed by atoms with E-state index in [1.54, 1.807) is 42.3 Å². The van der Waals surface area contributed by atoms with Gasteiger partial charge in [0.05, 0.1) is 26.2 Å². The van der Waals surface area contributed by atoms with E-state index in [0.717, 1.165) is 0 Å². The van der Waals surface area contributed by atoms with Crippen molar-refractivity contribution in [1.29, 1.82) is 0 Å². The molecule has 1 heterocycles. The standard InChI is InChI=1S/C20H21NO5/c1-25-14-9-7-13(8-10-14)21-18(22)12-11-16(20(23)24)19(21)15-5-3-4-6-17(15)26-2/h3-10,16,19H,11-12H2,1-2H3,(H,23,24)/t16-,19-/m0/s1. The van der Waals surface area contributed by atoms with Gasteiger partial charge in [0.25, 0.3) is 0 Å². The van der Waals surface area contributed by atoms with Gasteiger partial charge in [0.2, 0.25) is 5.91 Å². The van der Waals surface area contributed by atoms with Crippen LogP contribution in [0.3, 0.4) is 0 Å². The third kappa shape index (κ3) is 3.22. The number of benzene rings is 2. The van der Waals surface area contributed by atoms with E-state index in [0.29, 0.717) is 29.2 Å². The molecule has 1 saturated heterocycles. The van der Waals surface area contributed by atoms with Crippen LogP contribution >= 0.6 is 0 Å². The molecule has 6 nitrogen and oxygen atoms in total. The topological polar surface area (TPSA) is 76.1 Å². The Morgan fingerprint density at radius 1 is 1.08 bits per heavy atom. The quantitative estimate of drug-likeness (QED) is 0.891. The predicted octanol–water partition coefficient (Wildman–Crippen LogP) is 3.27. The number of para-hydroxylation sites is 1. The van der Waals surface area contributed by atoms with Crippen molar-refractivity contribution < 1.29 is 24.2 Å². The number of ether oxygens (including phenoxy) is 2. The molecule has 6 heteroatoms. The first-order chi connectivity index (χ1) is 12.6. The molecule has 1 amide bonds. The van der Waals surface area contributed by atoms with Crippen molar-refractivity contribution in [3.63, 3.8) is 0 Å². The normalized spacial score (nSPS) is 19.9. The summed E-state index contributed by atoms with van der Waals surface area (Å²) in [7, 11) is 3.11. The lowest BCUT2D eigenvalue weighted by molar-refractivity contribution is -0.144. The molecule has 26 heavy (non-hydrogen) atoms. The maximum atomic E-state index is 12.8. The zero-order chi connectivity index (χ0) is 18.7. The van der Waals surface area contributed by atoms with Crippen LogP contribution in [0.5, 0.6) is 11.5 Å². The van der Waals surface area contributed by atoms with Crippen molar-refractivity contribution in [2.75, 3.05) is 19.1 Å². The minimum absolute atomic E-state index is 0.108. The average molecular weight is 355 g/mol. The van der Waals surface area contributed by atoms with Crippen molar-refractivity contribution in [3.8, 4) is 11.5 Å². The minimum Gasteiger partial charge on any atom is -0.497 e. The van der Waals surface area contributed by atoms with Crippen molar-refractivity contribution in [2.24, 2.45) is 5.92 Å². The zero-order valence-corrected chi connectivity index (χ0v) is 14.7. The summed E-state index contributed by atoms with van der Waals surface area (Å²) in [4.78, 5) is 26.3. The molecule has 1 fully saturated rings. The number of carboxylic acid groups (broad SMARTS) is 1. The van der Waals surface area contributed by atoms with Crippen LogP contribution in [0, 0.1) is 5.92 Å². The molecule has 1 aliphatic heterocycles. The predicted molar refractivity (Wildman–Crippen MR) is 96.6 cm³/mol. The molecule has 0 aromatic heterocycles. The molecule has 2 aromatic rings. The zero-order valence-electron chi connectivity index (χ0n) is 14.7.